The number of nitrogens with zero attached hydrogens (tertiary/aromatic N) is 1. The second kappa shape index (κ2) is 8.08. The van der Waals surface area contributed by atoms with Crippen LogP contribution in [0.1, 0.15) is 38.2 Å². The van der Waals surface area contributed by atoms with Crippen molar-refractivity contribution in [2.45, 2.75) is 56.6 Å². The average Bonchev–Trinajstić information content (AvgIpc) is 3.15. The SMILES string of the molecule is CC(=O)C1=C(O)C(OC(=O)C2CCCN2S(=O)(=O)c2ccc(C)cc2)CCC1=O. The van der Waals surface area contributed by atoms with Crippen LogP contribution < -0.4 is 0 Å². The fourth-order valence-corrected chi connectivity index (χ4v) is 5.29. The second-order valence-corrected chi connectivity index (χ2v) is 9.18. The molecule has 8 nitrogen and oxygen atoms in total. The van der Waals surface area contributed by atoms with E-state index < -0.39 is 45.5 Å². The normalized spacial score (nSPS) is 23.3. The number of sulfonamides is 1. The number of aliphatic hydroxyl groups excluding tert-OH is 1. The Morgan fingerprint density at radius 3 is 2.45 bits per heavy atom. The summed E-state index contributed by atoms with van der Waals surface area (Å²) < 4.78 is 32.4. The number of ether oxygens (including phenoxy) is 1. The van der Waals surface area contributed by atoms with E-state index in [1.165, 1.54) is 12.1 Å². The molecule has 0 radical (unpaired) electrons. The van der Waals surface area contributed by atoms with Crippen molar-refractivity contribution in [1.29, 1.82) is 0 Å². The van der Waals surface area contributed by atoms with Gasteiger partial charge in [0.05, 0.1) is 4.90 Å². The molecule has 1 fully saturated rings. The second-order valence-electron chi connectivity index (χ2n) is 7.29. The summed E-state index contributed by atoms with van der Waals surface area (Å²) in [4.78, 5) is 36.3. The molecule has 0 bridgehead atoms. The summed E-state index contributed by atoms with van der Waals surface area (Å²) in [5.74, 6) is -2.45. The first kappa shape index (κ1) is 21.2. The maximum Gasteiger partial charge on any atom is 0.325 e. The van der Waals surface area contributed by atoms with Crippen molar-refractivity contribution in [3.63, 3.8) is 0 Å². The predicted molar refractivity (Wildman–Crippen MR) is 103 cm³/mol. The molecule has 1 aliphatic heterocycles. The van der Waals surface area contributed by atoms with Gasteiger partial charge in [-0.1, -0.05) is 17.7 Å². The topological polar surface area (TPSA) is 118 Å². The molecule has 0 saturated carbocycles. The van der Waals surface area contributed by atoms with Crippen molar-refractivity contribution in [2.75, 3.05) is 6.54 Å². The molecule has 2 unspecified atom stereocenters. The molecule has 29 heavy (non-hydrogen) atoms. The minimum Gasteiger partial charge on any atom is -0.507 e. The summed E-state index contributed by atoms with van der Waals surface area (Å²) in [6.45, 7) is 3.18. The number of carbonyl (C=O) groups is 3. The Hall–Kier alpha value is -2.52. The van der Waals surface area contributed by atoms with Crippen molar-refractivity contribution in [2.24, 2.45) is 0 Å². The molecule has 1 aromatic rings. The summed E-state index contributed by atoms with van der Waals surface area (Å²) in [5, 5.41) is 10.2. The smallest absolute Gasteiger partial charge is 0.325 e. The first-order chi connectivity index (χ1) is 13.6. The summed E-state index contributed by atoms with van der Waals surface area (Å²) in [6, 6.07) is 5.33. The van der Waals surface area contributed by atoms with E-state index in [0.29, 0.717) is 12.8 Å². The number of Topliss-reactive ketones (excluding diaryl/α,β-unsaturated/α-hetero) is 2. The Morgan fingerprint density at radius 2 is 1.83 bits per heavy atom. The molecule has 2 atom stereocenters. The van der Waals surface area contributed by atoms with Crippen molar-refractivity contribution in [3.05, 3.63) is 41.2 Å². The average molecular weight is 421 g/mol. The number of esters is 1. The lowest BCUT2D eigenvalue weighted by Gasteiger charge is -2.27. The fraction of sp³-hybridized carbons (Fsp3) is 0.450. The summed E-state index contributed by atoms with van der Waals surface area (Å²) in [7, 11) is -3.89. The third-order valence-corrected chi connectivity index (χ3v) is 7.11. The minimum atomic E-state index is -3.89. The van der Waals surface area contributed by atoms with Gasteiger partial charge in [-0.15, -0.1) is 0 Å². The third kappa shape index (κ3) is 4.11. The first-order valence-electron chi connectivity index (χ1n) is 9.39. The molecular weight excluding hydrogens is 398 g/mol. The van der Waals surface area contributed by atoms with Crippen LogP contribution in [-0.4, -0.2) is 54.1 Å². The summed E-state index contributed by atoms with van der Waals surface area (Å²) >= 11 is 0. The zero-order valence-corrected chi connectivity index (χ0v) is 17.1. The van der Waals surface area contributed by atoms with Gasteiger partial charge in [-0.2, -0.15) is 4.31 Å². The maximum atomic E-state index is 13.0. The van der Waals surface area contributed by atoms with E-state index >= 15 is 0 Å². The van der Waals surface area contributed by atoms with Crippen molar-refractivity contribution < 1.29 is 32.6 Å². The van der Waals surface area contributed by atoms with E-state index in [4.69, 9.17) is 4.74 Å². The molecule has 156 valence electrons. The molecule has 0 aromatic heterocycles. The lowest BCUT2D eigenvalue weighted by atomic mass is 9.92. The van der Waals surface area contributed by atoms with Crippen molar-refractivity contribution in [3.8, 4) is 0 Å². The van der Waals surface area contributed by atoms with Crippen LogP contribution in [0.2, 0.25) is 0 Å². The molecular formula is C20H23NO7S. The number of benzene rings is 1. The molecule has 1 saturated heterocycles. The summed E-state index contributed by atoms with van der Waals surface area (Å²) in [6.07, 6.45) is -0.338. The number of rotatable bonds is 5. The van der Waals surface area contributed by atoms with Crippen LogP contribution in [0.4, 0.5) is 0 Å². The number of aliphatic hydroxyl groups is 1. The molecule has 1 heterocycles. The Bertz CT molecular complexity index is 979. The molecule has 3 rings (SSSR count). The van der Waals surface area contributed by atoms with Gasteiger partial charge in [0.1, 0.15) is 17.4 Å². The van der Waals surface area contributed by atoms with Crippen LogP contribution >= 0.6 is 0 Å². The third-order valence-electron chi connectivity index (χ3n) is 5.19. The quantitative estimate of drug-likeness (QED) is 0.569. The standard InChI is InChI=1S/C20H23NO7S/c1-12-5-7-14(8-6-12)29(26,27)21-11-3-4-15(21)20(25)28-17-10-9-16(23)18(13(2)22)19(17)24/h5-8,15,17,24H,3-4,9-11H2,1-2H3. The molecule has 1 N–H and O–H groups in total. The predicted octanol–water partition coefficient (Wildman–Crippen LogP) is 1.82. The van der Waals surface area contributed by atoms with Crippen LogP contribution in [0.5, 0.6) is 0 Å². The van der Waals surface area contributed by atoms with Gasteiger partial charge in [-0.3, -0.25) is 14.4 Å². The number of aryl methyl sites for hydroxylation is 1. The highest BCUT2D eigenvalue weighted by atomic mass is 32.2. The van der Waals surface area contributed by atoms with Gasteiger partial charge in [-0.25, -0.2) is 8.42 Å². The lowest BCUT2D eigenvalue weighted by molar-refractivity contribution is -0.154. The Balaban J connectivity index is 1.81. The van der Waals surface area contributed by atoms with Crippen LogP contribution in [0, 0.1) is 6.92 Å². The van der Waals surface area contributed by atoms with E-state index in [9.17, 15) is 27.9 Å². The van der Waals surface area contributed by atoms with E-state index in [-0.39, 0.29) is 29.9 Å². The van der Waals surface area contributed by atoms with Crippen LogP contribution in [0.15, 0.2) is 40.5 Å². The van der Waals surface area contributed by atoms with Gasteiger partial charge in [0.2, 0.25) is 10.0 Å². The molecule has 0 spiro atoms. The maximum absolute atomic E-state index is 13.0. The highest BCUT2D eigenvalue weighted by Gasteiger charge is 2.42. The van der Waals surface area contributed by atoms with E-state index in [2.05, 4.69) is 0 Å². The zero-order valence-electron chi connectivity index (χ0n) is 16.3. The van der Waals surface area contributed by atoms with Gasteiger partial charge in [0.25, 0.3) is 0 Å². The largest absolute Gasteiger partial charge is 0.507 e. The molecule has 1 aliphatic carbocycles. The highest BCUT2D eigenvalue weighted by Crippen LogP contribution is 2.29. The van der Waals surface area contributed by atoms with Gasteiger partial charge in [-0.05, 0) is 45.2 Å². The van der Waals surface area contributed by atoms with Crippen LogP contribution in [0.25, 0.3) is 0 Å². The van der Waals surface area contributed by atoms with Crippen molar-refractivity contribution >= 4 is 27.6 Å². The molecule has 1 aromatic carbocycles. The van der Waals surface area contributed by atoms with E-state index in [1.807, 2.05) is 6.92 Å². The van der Waals surface area contributed by atoms with E-state index in [1.54, 1.807) is 12.1 Å². The van der Waals surface area contributed by atoms with Gasteiger partial charge in [0.15, 0.2) is 17.7 Å². The number of carbonyl (C=O) groups excluding carboxylic acids is 3. The molecule has 2 aliphatic rings. The number of hydrogen-bond acceptors (Lipinski definition) is 7. The summed E-state index contributed by atoms with van der Waals surface area (Å²) in [5.41, 5.74) is 0.557. The van der Waals surface area contributed by atoms with Crippen LogP contribution in [-0.2, 0) is 29.1 Å². The Kier molecular flexibility index (Phi) is 5.90. The van der Waals surface area contributed by atoms with Crippen molar-refractivity contribution in [1.82, 2.24) is 4.31 Å². The lowest BCUT2D eigenvalue weighted by Crippen LogP contribution is -2.43. The minimum absolute atomic E-state index is 0.0348. The molecule has 9 heteroatoms. The highest BCUT2D eigenvalue weighted by molar-refractivity contribution is 7.89. The number of allylic oxidation sites excluding steroid dienone is 1. The Morgan fingerprint density at radius 1 is 1.17 bits per heavy atom. The van der Waals surface area contributed by atoms with Gasteiger partial charge >= 0.3 is 5.97 Å². The first-order valence-corrected chi connectivity index (χ1v) is 10.8. The number of ketones is 2. The number of hydrogen-bond donors (Lipinski definition) is 1. The molecule has 0 amide bonds. The monoisotopic (exact) mass is 421 g/mol. The van der Waals surface area contributed by atoms with Gasteiger partial charge < -0.3 is 9.84 Å². The van der Waals surface area contributed by atoms with Crippen LogP contribution in [0.3, 0.4) is 0 Å². The fourth-order valence-electron chi connectivity index (χ4n) is 3.65. The van der Waals surface area contributed by atoms with Gasteiger partial charge in [0, 0.05) is 13.0 Å². The Labute approximate surface area is 169 Å². The zero-order chi connectivity index (χ0) is 21.3. The van der Waals surface area contributed by atoms with E-state index in [0.717, 1.165) is 16.8 Å².